The number of carboxylic acid groups (broad SMARTS) is 1. The molecule has 1 rings (SSSR count). The van der Waals surface area contributed by atoms with E-state index >= 15 is 0 Å². The minimum atomic E-state index is -0.854. The zero-order valence-corrected chi connectivity index (χ0v) is 12.4. The third kappa shape index (κ3) is 3.23. The van der Waals surface area contributed by atoms with Crippen molar-refractivity contribution in [1.29, 1.82) is 0 Å². The fraction of sp³-hybridized carbons (Fsp3) is 0.462. The molecule has 1 aromatic carbocycles. The largest absolute Gasteiger partial charge is 0.497 e. The lowest BCUT2D eigenvalue weighted by molar-refractivity contribution is -0.143. The van der Waals surface area contributed by atoms with Crippen LogP contribution in [0.4, 0.5) is 0 Å². The molecular weight excluding hydrogens is 298 g/mol. The maximum Gasteiger partial charge on any atom is 0.325 e. The third-order valence-corrected chi connectivity index (χ3v) is 3.63. The normalized spacial score (nSPS) is 12.5. The number of ether oxygens (including phenoxy) is 1. The number of likely N-dealkylation sites (N-methyl/N-ethyl adjacent to an activating group) is 1. The Bertz CT molecular complexity index is 419. The molecule has 1 N–H and O–H groups in total. The molecule has 0 saturated carbocycles. The van der Waals surface area contributed by atoms with Crippen LogP contribution in [0.2, 0.25) is 0 Å². The molecule has 0 aliphatic heterocycles. The van der Waals surface area contributed by atoms with Gasteiger partial charge in [-0.25, -0.2) is 0 Å². The maximum atomic E-state index is 11.5. The highest BCUT2D eigenvalue weighted by molar-refractivity contribution is 9.10. The topological polar surface area (TPSA) is 49.8 Å². The van der Waals surface area contributed by atoms with Crippen molar-refractivity contribution in [1.82, 2.24) is 4.90 Å². The number of halogens is 1. The summed E-state index contributed by atoms with van der Waals surface area (Å²) in [5.41, 5.74) is 0.713. The van der Waals surface area contributed by atoms with Crippen LogP contribution in [0.1, 0.15) is 25.5 Å². The number of benzene rings is 1. The standard InChI is InChI=1S/C13H18BrNO3/c1-4-15(5-2)12(13(16)17)10-8-9(18-3)6-7-11(10)14/h6-8,12H,4-5H2,1-3H3,(H,16,17). The van der Waals surface area contributed by atoms with Gasteiger partial charge in [0.15, 0.2) is 0 Å². The van der Waals surface area contributed by atoms with Crippen LogP contribution in [0.5, 0.6) is 5.75 Å². The molecule has 0 spiro atoms. The van der Waals surface area contributed by atoms with E-state index in [0.29, 0.717) is 24.4 Å². The average molecular weight is 316 g/mol. The van der Waals surface area contributed by atoms with Gasteiger partial charge in [-0.15, -0.1) is 0 Å². The van der Waals surface area contributed by atoms with Gasteiger partial charge in [0, 0.05) is 4.47 Å². The average Bonchev–Trinajstić information content (AvgIpc) is 2.36. The second-order valence-electron chi connectivity index (χ2n) is 3.85. The van der Waals surface area contributed by atoms with Crippen molar-refractivity contribution >= 4 is 21.9 Å². The Labute approximate surface area is 116 Å². The second kappa shape index (κ2) is 6.75. The van der Waals surface area contributed by atoms with Crippen LogP contribution in [0, 0.1) is 0 Å². The van der Waals surface area contributed by atoms with Gasteiger partial charge in [-0.1, -0.05) is 29.8 Å². The first-order valence-electron chi connectivity index (χ1n) is 5.85. The van der Waals surface area contributed by atoms with Crippen molar-refractivity contribution in [3.63, 3.8) is 0 Å². The summed E-state index contributed by atoms with van der Waals surface area (Å²) in [7, 11) is 1.57. The number of hydrogen-bond acceptors (Lipinski definition) is 3. The summed E-state index contributed by atoms with van der Waals surface area (Å²) in [5.74, 6) is -0.195. The lowest BCUT2D eigenvalue weighted by Crippen LogP contribution is -2.34. The summed E-state index contributed by atoms with van der Waals surface area (Å²) >= 11 is 3.41. The fourth-order valence-corrected chi connectivity index (χ4v) is 2.40. The Morgan fingerprint density at radius 3 is 2.50 bits per heavy atom. The number of carboxylic acids is 1. The molecule has 100 valence electrons. The van der Waals surface area contributed by atoms with E-state index in [9.17, 15) is 9.90 Å². The van der Waals surface area contributed by atoms with Crippen molar-refractivity contribution in [2.24, 2.45) is 0 Å². The monoisotopic (exact) mass is 315 g/mol. The summed E-state index contributed by atoms with van der Waals surface area (Å²) in [6, 6.07) is 4.72. The van der Waals surface area contributed by atoms with Crippen molar-refractivity contribution in [2.45, 2.75) is 19.9 Å². The molecule has 0 radical (unpaired) electrons. The fourth-order valence-electron chi connectivity index (χ4n) is 1.93. The Morgan fingerprint density at radius 2 is 2.06 bits per heavy atom. The number of methoxy groups -OCH3 is 1. The molecule has 0 saturated heterocycles. The maximum absolute atomic E-state index is 11.5. The van der Waals surface area contributed by atoms with Crippen molar-refractivity contribution in [3.8, 4) is 5.75 Å². The van der Waals surface area contributed by atoms with Crippen LogP contribution in [-0.2, 0) is 4.79 Å². The number of carbonyl (C=O) groups is 1. The molecule has 1 aromatic rings. The van der Waals surface area contributed by atoms with E-state index in [-0.39, 0.29) is 0 Å². The molecule has 18 heavy (non-hydrogen) atoms. The summed E-state index contributed by atoms with van der Waals surface area (Å²) in [6.45, 7) is 5.26. The number of rotatable bonds is 6. The molecule has 0 bridgehead atoms. The first-order chi connectivity index (χ1) is 8.54. The summed E-state index contributed by atoms with van der Waals surface area (Å²) < 4.78 is 5.93. The summed E-state index contributed by atoms with van der Waals surface area (Å²) in [5, 5.41) is 9.44. The highest BCUT2D eigenvalue weighted by Gasteiger charge is 2.27. The van der Waals surface area contributed by atoms with E-state index in [0.717, 1.165) is 4.47 Å². The van der Waals surface area contributed by atoms with Gasteiger partial charge in [0.05, 0.1) is 7.11 Å². The predicted molar refractivity (Wildman–Crippen MR) is 74.0 cm³/mol. The van der Waals surface area contributed by atoms with Gasteiger partial charge < -0.3 is 9.84 Å². The predicted octanol–water partition coefficient (Wildman–Crippen LogP) is 2.93. The van der Waals surface area contributed by atoms with E-state index < -0.39 is 12.0 Å². The minimum absolute atomic E-state index is 0.659. The van der Waals surface area contributed by atoms with E-state index in [1.165, 1.54) is 0 Å². The van der Waals surface area contributed by atoms with Crippen molar-refractivity contribution < 1.29 is 14.6 Å². The van der Waals surface area contributed by atoms with Gasteiger partial charge in [0.1, 0.15) is 11.8 Å². The van der Waals surface area contributed by atoms with Crippen molar-refractivity contribution in [3.05, 3.63) is 28.2 Å². The number of hydrogen-bond donors (Lipinski definition) is 1. The highest BCUT2D eigenvalue weighted by atomic mass is 79.9. The number of nitrogens with zero attached hydrogens (tertiary/aromatic N) is 1. The van der Waals surface area contributed by atoms with Crippen LogP contribution in [0.25, 0.3) is 0 Å². The molecule has 5 heteroatoms. The van der Waals surface area contributed by atoms with Crippen molar-refractivity contribution in [2.75, 3.05) is 20.2 Å². The molecule has 0 aliphatic rings. The smallest absolute Gasteiger partial charge is 0.325 e. The van der Waals surface area contributed by atoms with Gasteiger partial charge in [-0.2, -0.15) is 0 Å². The molecule has 0 fully saturated rings. The molecule has 0 amide bonds. The van der Waals surface area contributed by atoms with E-state index in [2.05, 4.69) is 15.9 Å². The Balaban J connectivity index is 3.24. The van der Waals surface area contributed by atoms with E-state index in [4.69, 9.17) is 4.74 Å². The summed E-state index contributed by atoms with van der Waals surface area (Å²) in [4.78, 5) is 13.4. The molecule has 0 heterocycles. The van der Waals surface area contributed by atoms with Crippen LogP contribution < -0.4 is 4.74 Å². The molecule has 0 aromatic heterocycles. The van der Waals surface area contributed by atoms with Crippen LogP contribution in [-0.4, -0.2) is 36.2 Å². The Kier molecular flexibility index (Phi) is 5.62. The lowest BCUT2D eigenvalue weighted by Gasteiger charge is -2.27. The van der Waals surface area contributed by atoms with Gasteiger partial charge in [0.25, 0.3) is 0 Å². The Hall–Kier alpha value is -1.07. The van der Waals surface area contributed by atoms with Gasteiger partial charge in [-0.05, 0) is 36.9 Å². The second-order valence-corrected chi connectivity index (χ2v) is 4.70. The van der Waals surface area contributed by atoms with Gasteiger partial charge in [0.2, 0.25) is 0 Å². The Morgan fingerprint density at radius 1 is 1.44 bits per heavy atom. The van der Waals surface area contributed by atoms with E-state index in [1.54, 1.807) is 19.2 Å². The lowest BCUT2D eigenvalue weighted by atomic mass is 10.0. The molecule has 0 aliphatic carbocycles. The van der Waals surface area contributed by atoms with Gasteiger partial charge >= 0.3 is 5.97 Å². The SMILES string of the molecule is CCN(CC)C(C(=O)O)c1cc(OC)ccc1Br. The summed E-state index contributed by atoms with van der Waals surface area (Å²) in [6.07, 6.45) is 0. The van der Waals surface area contributed by atoms with E-state index in [1.807, 2.05) is 24.8 Å². The molecule has 1 unspecified atom stereocenters. The quantitative estimate of drug-likeness (QED) is 0.877. The van der Waals surface area contributed by atoms with Gasteiger partial charge in [-0.3, -0.25) is 9.69 Å². The zero-order valence-electron chi connectivity index (χ0n) is 10.8. The molecule has 1 atom stereocenters. The third-order valence-electron chi connectivity index (χ3n) is 2.91. The van der Waals surface area contributed by atoms with Crippen LogP contribution >= 0.6 is 15.9 Å². The number of aliphatic carboxylic acids is 1. The first kappa shape index (κ1) is 15.0. The zero-order chi connectivity index (χ0) is 13.7. The first-order valence-corrected chi connectivity index (χ1v) is 6.64. The highest BCUT2D eigenvalue weighted by Crippen LogP contribution is 2.31. The molecular formula is C13H18BrNO3. The molecule has 4 nitrogen and oxygen atoms in total. The minimum Gasteiger partial charge on any atom is -0.497 e. The van der Waals surface area contributed by atoms with Crippen LogP contribution in [0.15, 0.2) is 22.7 Å². The van der Waals surface area contributed by atoms with Crippen LogP contribution in [0.3, 0.4) is 0 Å².